The molecule has 103 heavy (non-hydrogen) atoms. The number of aromatic nitrogens is 6. The Morgan fingerprint density at radius 2 is 0.874 bits per heavy atom. The van der Waals surface area contributed by atoms with E-state index in [0.717, 1.165) is 184 Å². The molecular formula is C81H78BrF2N9O7S3. The molecule has 5 aromatic carbocycles. The Hall–Kier alpha value is -8.35. The summed E-state index contributed by atoms with van der Waals surface area (Å²) >= 11 is 6.81. The summed E-state index contributed by atoms with van der Waals surface area (Å²) in [6.45, 7) is 2.33. The van der Waals surface area contributed by atoms with E-state index >= 15 is 0 Å². The standard InChI is InChI=1S/C27H26BrN3O2S.C27H26FN3O3S.C27H26FN3O2S/c28-27-19(8-7-18-3-1-2-4-22(18)27)16-30-20-9-5-17(6-10-20)13-25-29-12-11-21(31-25)14-24-23(32)15-26(33)34-24;28-19-6-5-18(22(13-19)24-2-1-11-34-24)16-30-20-7-3-17(4-8-20)12-26-29-10-9-21(31-26)14-25-23(32)15-27(33)35-25;28-21-6-5-19-11-18(1-4-20(19)13-21)16-30-22-7-2-17(3-8-22)12-26-29-10-9-23(31-26)14-25-24(32)15-27(33)34-25/h1-4,7-8,11-12,14,17,20,30H,5-6,9-10,13,15-16H2;1-2,5-6,9-11,13-14,17,20,30H,3-4,7-8,12,15-16H2;1,4-6,9-11,13-14,17,22,30H,2-3,7-8,12,15-16H2/b24-14-;2*25-14-. The molecule has 0 radical (unpaired) electrons. The molecule has 6 aliphatic rings. The number of carbonyl (C=O) groups is 6. The third-order valence-electron chi connectivity index (χ3n) is 19.8. The number of ketones is 3. The number of thioether (sulfide) groups is 3. The zero-order valence-electron chi connectivity index (χ0n) is 56.8. The maximum Gasteiger partial charge on any atom is 0.201 e. The fourth-order valence-corrected chi connectivity index (χ4v) is 17.3. The van der Waals surface area contributed by atoms with Crippen LogP contribution in [-0.4, -0.2) is 80.7 Å². The van der Waals surface area contributed by atoms with Crippen LogP contribution in [0.3, 0.4) is 0 Å². The molecule has 3 saturated heterocycles. The summed E-state index contributed by atoms with van der Waals surface area (Å²) in [4.78, 5) is 98.6. The number of allylic oxidation sites excluding steroid dienone is 3. The first-order valence-electron chi connectivity index (χ1n) is 35.3. The van der Waals surface area contributed by atoms with Gasteiger partial charge in [0.1, 0.15) is 34.9 Å². The molecule has 3 saturated carbocycles. The van der Waals surface area contributed by atoms with E-state index in [9.17, 15) is 37.5 Å². The second-order valence-corrected chi connectivity index (χ2v) is 31.3. The summed E-state index contributed by atoms with van der Waals surface area (Å²) in [6.07, 6.45) is 27.6. The third-order valence-corrected chi connectivity index (χ3v) is 23.6. The van der Waals surface area contributed by atoms with Gasteiger partial charge in [-0.1, -0.05) is 60.7 Å². The summed E-state index contributed by atoms with van der Waals surface area (Å²) in [5.41, 5.74) is 6.36. The van der Waals surface area contributed by atoms with E-state index in [0.29, 0.717) is 80.0 Å². The van der Waals surface area contributed by atoms with Crippen molar-refractivity contribution >= 4 is 124 Å². The topological polar surface area (TPSA) is 229 Å². The van der Waals surface area contributed by atoms with Gasteiger partial charge >= 0.3 is 0 Å². The van der Waals surface area contributed by atoms with Crippen molar-refractivity contribution < 1.29 is 42.0 Å². The van der Waals surface area contributed by atoms with Crippen molar-refractivity contribution in [2.75, 3.05) is 0 Å². The van der Waals surface area contributed by atoms with Gasteiger partial charge in [0.25, 0.3) is 0 Å². The van der Waals surface area contributed by atoms with Crippen molar-refractivity contribution in [2.45, 2.75) is 153 Å². The Labute approximate surface area is 618 Å². The van der Waals surface area contributed by atoms with Gasteiger partial charge in [0.15, 0.2) is 17.3 Å². The Kier molecular flexibility index (Phi) is 24.8. The van der Waals surface area contributed by atoms with Gasteiger partial charge in [0.2, 0.25) is 15.3 Å². The van der Waals surface area contributed by atoms with E-state index in [4.69, 9.17) is 4.42 Å². The van der Waals surface area contributed by atoms with Crippen molar-refractivity contribution in [1.82, 2.24) is 45.9 Å². The minimum atomic E-state index is -0.273. The van der Waals surface area contributed by atoms with Crippen LogP contribution in [0.5, 0.6) is 0 Å². The SMILES string of the molecule is O=C1CC(=O)/C(=C/c2ccnc(CC3CCC(NCc4ccc(F)cc4-c4ccco4)CC3)n2)S1.O=C1CC(=O)/C(=C/c2ccnc(CC3CCC(NCc4ccc5cc(F)ccc5c4)CC3)n2)S1.O=C1CC(=O)/C(=C/c2ccnc(CC3CCC(NCc4ccc5ccccc5c4Br)CC3)n2)S1. The molecular weight excluding hydrogens is 1430 g/mol. The molecule has 7 heterocycles. The number of hydrogen-bond donors (Lipinski definition) is 3. The number of furan rings is 1. The second-order valence-electron chi connectivity index (χ2n) is 27.2. The molecule has 0 amide bonds. The zero-order chi connectivity index (χ0) is 71.2. The van der Waals surface area contributed by atoms with Crippen molar-refractivity contribution in [3.8, 4) is 11.3 Å². The molecule has 6 fully saturated rings. The Morgan fingerprint density at radius 3 is 1.35 bits per heavy atom. The number of hydrogen-bond acceptors (Lipinski definition) is 19. The average Bonchev–Trinajstić information content (AvgIpc) is 1.82. The molecule has 4 aromatic heterocycles. The highest BCUT2D eigenvalue weighted by Crippen LogP contribution is 2.36. The molecule has 3 N–H and O–H groups in total. The molecule has 0 unspecified atom stereocenters. The van der Waals surface area contributed by atoms with Gasteiger partial charge in [-0.3, -0.25) is 28.8 Å². The maximum absolute atomic E-state index is 13.8. The number of nitrogens with one attached hydrogen (secondary N) is 3. The van der Waals surface area contributed by atoms with Crippen LogP contribution in [0.25, 0.3) is 51.1 Å². The van der Waals surface area contributed by atoms with Crippen LogP contribution in [-0.2, 0) is 67.7 Å². The highest BCUT2D eigenvalue weighted by atomic mass is 79.9. The number of fused-ring (bicyclic) bond motifs is 2. The Balaban J connectivity index is 0.000000138. The number of Topliss-reactive ketones (excluding diaryl/α,β-unsaturated/α-hetero) is 3. The quantitative estimate of drug-likeness (QED) is 0.0505. The number of rotatable bonds is 19. The van der Waals surface area contributed by atoms with Crippen LogP contribution in [0.2, 0.25) is 0 Å². The number of benzene rings is 5. The van der Waals surface area contributed by atoms with Crippen LogP contribution < -0.4 is 16.0 Å². The van der Waals surface area contributed by atoms with Gasteiger partial charge in [0.05, 0.1) is 57.3 Å². The average molecular weight is 1500 g/mol. The summed E-state index contributed by atoms with van der Waals surface area (Å²) in [5, 5.41) is 15.3. The first-order chi connectivity index (χ1) is 50.1. The van der Waals surface area contributed by atoms with Gasteiger partial charge in [-0.2, -0.15) is 0 Å². The fraction of sp³-hybridized carbons (Fsp3) is 0.333. The van der Waals surface area contributed by atoms with Gasteiger partial charge in [-0.05, 0) is 263 Å². The second kappa shape index (κ2) is 35.0. The van der Waals surface area contributed by atoms with E-state index in [1.54, 1.807) is 67.3 Å². The zero-order valence-corrected chi connectivity index (χ0v) is 60.8. The molecule has 22 heteroatoms. The van der Waals surface area contributed by atoms with Crippen LogP contribution in [0.1, 0.15) is 148 Å². The van der Waals surface area contributed by atoms with Gasteiger partial charge in [-0.15, -0.1) is 0 Å². The molecule has 0 atom stereocenters. The summed E-state index contributed by atoms with van der Waals surface area (Å²) in [5.74, 6) is 3.81. The molecule has 16 nitrogen and oxygen atoms in total. The van der Waals surface area contributed by atoms with Crippen molar-refractivity contribution in [3.63, 3.8) is 0 Å². The van der Waals surface area contributed by atoms with Crippen molar-refractivity contribution in [3.05, 3.63) is 228 Å². The summed E-state index contributed by atoms with van der Waals surface area (Å²) < 4.78 is 33.9. The van der Waals surface area contributed by atoms with Crippen LogP contribution in [0.4, 0.5) is 8.78 Å². The largest absolute Gasteiger partial charge is 0.464 e. The van der Waals surface area contributed by atoms with E-state index in [2.05, 4.69) is 110 Å². The minimum Gasteiger partial charge on any atom is -0.464 e. The maximum atomic E-state index is 13.8. The first-order valence-corrected chi connectivity index (χ1v) is 38.5. The van der Waals surface area contributed by atoms with Crippen LogP contribution in [0.15, 0.2) is 170 Å². The monoisotopic (exact) mass is 1500 g/mol. The van der Waals surface area contributed by atoms with Gasteiger partial charge < -0.3 is 20.4 Å². The molecule has 0 spiro atoms. The van der Waals surface area contributed by atoms with Crippen LogP contribution >= 0.6 is 51.2 Å². The molecule has 0 bridgehead atoms. The van der Waals surface area contributed by atoms with E-state index in [1.807, 2.05) is 30.3 Å². The number of carbonyl (C=O) groups excluding carboxylic acids is 6. The third kappa shape index (κ3) is 20.3. The van der Waals surface area contributed by atoms with Crippen molar-refractivity contribution in [1.29, 1.82) is 0 Å². The number of halogens is 3. The Bertz CT molecular complexity index is 4720. The highest BCUT2D eigenvalue weighted by molar-refractivity contribution is 9.10. The normalized spacial score (nSPS) is 22.0. The highest BCUT2D eigenvalue weighted by Gasteiger charge is 2.30. The molecule has 9 aromatic rings. The lowest BCUT2D eigenvalue weighted by atomic mass is 9.84. The summed E-state index contributed by atoms with van der Waals surface area (Å²) in [7, 11) is 0. The predicted molar refractivity (Wildman–Crippen MR) is 405 cm³/mol. The van der Waals surface area contributed by atoms with E-state index in [1.165, 1.54) is 44.6 Å². The summed E-state index contributed by atoms with van der Waals surface area (Å²) in [6, 6.07) is 39.2. The smallest absolute Gasteiger partial charge is 0.201 e. The lowest BCUT2D eigenvalue weighted by Gasteiger charge is -2.29. The number of nitrogens with zero attached hydrogens (tertiary/aromatic N) is 6. The molecule has 15 rings (SSSR count). The Morgan fingerprint density at radius 1 is 0.447 bits per heavy atom. The van der Waals surface area contributed by atoms with Gasteiger partial charge in [0, 0.05) is 85.6 Å². The lowest BCUT2D eigenvalue weighted by molar-refractivity contribution is -0.120. The predicted octanol–water partition coefficient (Wildman–Crippen LogP) is 16.4. The van der Waals surface area contributed by atoms with Gasteiger partial charge in [-0.25, -0.2) is 38.7 Å². The van der Waals surface area contributed by atoms with Crippen LogP contribution in [0, 0.1) is 29.4 Å². The first kappa shape index (κ1) is 73.0. The van der Waals surface area contributed by atoms with E-state index < -0.39 is 0 Å². The minimum absolute atomic E-state index is 0.0104. The van der Waals surface area contributed by atoms with Crippen molar-refractivity contribution in [2.24, 2.45) is 17.8 Å². The van der Waals surface area contributed by atoms with E-state index in [-0.39, 0.29) is 63.6 Å². The lowest BCUT2D eigenvalue weighted by Crippen LogP contribution is -2.33. The molecule has 3 aliphatic carbocycles. The molecule has 528 valence electrons. The fourth-order valence-electron chi connectivity index (χ4n) is 14.2. The molecule has 3 aliphatic heterocycles.